The van der Waals surface area contributed by atoms with Crippen LogP contribution in [0.5, 0.6) is 5.75 Å². The summed E-state index contributed by atoms with van der Waals surface area (Å²) in [5, 5.41) is 0. The quantitative estimate of drug-likeness (QED) is 0.288. The van der Waals surface area contributed by atoms with Crippen LogP contribution in [0.1, 0.15) is 104 Å². The van der Waals surface area contributed by atoms with E-state index in [-0.39, 0.29) is 0 Å². The minimum absolute atomic E-state index is 0.330. The van der Waals surface area contributed by atoms with E-state index < -0.39 is 0 Å². The zero-order chi connectivity index (χ0) is 24.9. The fourth-order valence-corrected chi connectivity index (χ4v) is 4.90. The van der Waals surface area contributed by atoms with Gasteiger partial charge in [-0.1, -0.05) is 86.1 Å². The van der Waals surface area contributed by atoms with Crippen molar-refractivity contribution in [2.24, 2.45) is 11.8 Å². The molecule has 0 saturated carbocycles. The van der Waals surface area contributed by atoms with Crippen molar-refractivity contribution in [3.05, 3.63) is 47.7 Å². The molecule has 4 atom stereocenters. The van der Waals surface area contributed by atoms with E-state index in [0.717, 1.165) is 24.7 Å². The molecule has 1 heterocycles. The first-order valence-electron chi connectivity index (χ1n) is 14.0. The molecule has 0 saturated heterocycles. The minimum Gasteiger partial charge on any atom is -0.494 e. The Kier molecular flexibility index (Phi) is 12.6. The molecule has 192 valence electrons. The van der Waals surface area contributed by atoms with Crippen molar-refractivity contribution in [3.8, 4) is 5.75 Å². The van der Waals surface area contributed by atoms with E-state index in [0.29, 0.717) is 23.8 Å². The van der Waals surface area contributed by atoms with Gasteiger partial charge in [0.25, 0.3) is 0 Å². The summed E-state index contributed by atoms with van der Waals surface area (Å²) < 4.78 is 12.5. The average molecular weight is 470 g/mol. The van der Waals surface area contributed by atoms with Crippen molar-refractivity contribution in [2.75, 3.05) is 25.2 Å². The van der Waals surface area contributed by atoms with Gasteiger partial charge in [0.15, 0.2) is 0 Å². The molecule has 3 nitrogen and oxygen atoms in total. The monoisotopic (exact) mass is 469 g/mol. The van der Waals surface area contributed by atoms with Crippen molar-refractivity contribution in [2.45, 2.75) is 105 Å². The number of rotatable bonds is 13. The topological polar surface area (TPSA) is 21.7 Å². The highest BCUT2D eigenvalue weighted by Gasteiger charge is 2.36. The summed E-state index contributed by atoms with van der Waals surface area (Å²) in [6, 6.07) is 7.00. The van der Waals surface area contributed by atoms with Gasteiger partial charge < -0.3 is 14.4 Å². The molecule has 34 heavy (non-hydrogen) atoms. The number of anilines is 1. The Bertz CT molecular complexity index is 769. The van der Waals surface area contributed by atoms with E-state index in [1.54, 1.807) is 0 Å². The molecule has 2 aliphatic rings. The molecule has 0 radical (unpaired) electrons. The maximum atomic E-state index is 6.26. The SMILES string of the molecule is CCC.CCCCC(CC)COc1ccc2c(c1)C1C=C(OCC(CC)CCC)C=CC1N2C. The van der Waals surface area contributed by atoms with Crippen molar-refractivity contribution in [1.29, 1.82) is 0 Å². The summed E-state index contributed by atoms with van der Waals surface area (Å²) in [4.78, 5) is 2.38. The third-order valence-corrected chi connectivity index (χ3v) is 7.14. The van der Waals surface area contributed by atoms with Gasteiger partial charge in [0, 0.05) is 18.7 Å². The Balaban J connectivity index is 0.00000129. The second-order valence-electron chi connectivity index (χ2n) is 10.1. The molecule has 0 fully saturated rings. The molecule has 4 unspecified atom stereocenters. The third kappa shape index (κ3) is 7.82. The zero-order valence-electron chi connectivity index (χ0n) is 23.1. The van der Waals surface area contributed by atoms with E-state index in [1.807, 2.05) is 0 Å². The molecule has 0 bridgehead atoms. The summed E-state index contributed by atoms with van der Waals surface area (Å²) in [6.07, 6.45) is 16.7. The van der Waals surface area contributed by atoms with Gasteiger partial charge in [0.2, 0.25) is 0 Å². The van der Waals surface area contributed by atoms with E-state index in [9.17, 15) is 0 Å². The van der Waals surface area contributed by atoms with Crippen LogP contribution >= 0.6 is 0 Å². The van der Waals surface area contributed by atoms with Crippen molar-refractivity contribution in [3.63, 3.8) is 0 Å². The number of hydrogen-bond donors (Lipinski definition) is 0. The fraction of sp³-hybridized carbons (Fsp3) is 0.677. The van der Waals surface area contributed by atoms with Gasteiger partial charge in [-0.2, -0.15) is 0 Å². The Labute approximate surface area is 210 Å². The van der Waals surface area contributed by atoms with Gasteiger partial charge in [-0.3, -0.25) is 0 Å². The first kappa shape index (κ1) is 28.3. The van der Waals surface area contributed by atoms with Crippen LogP contribution in [-0.4, -0.2) is 26.3 Å². The van der Waals surface area contributed by atoms with Gasteiger partial charge in [0.1, 0.15) is 11.5 Å². The fourth-order valence-electron chi connectivity index (χ4n) is 4.90. The van der Waals surface area contributed by atoms with Gasteiger partial charge in [-0.15, -0.1) is 0 Å². The highest BCUT2D eigenvalue weighted by Crippen LogP contribution is 2.45. The lowest BCUT2D eigenvalue weighted by Crippen LogP contribution is -2.29. The van der Waals surface area contributed by atoms with E-state index >= 15 is 0 Å². The predicted molar refractivity (Wildman–Crippen MR) is 148 cm³/mol. The molecular formula is C31H51NO2. The third-order valence-electron chi connectivity index (χ3n) is 7.14. The smallest absolute Gasteiger partial charge is 0.119 e. The zero-order valence-corrected chi connectivity index (χ0v) is 23.1. The summed E-state index contributed by atoms with van der Waals surface area (Å²) in [5.41, 5.74) is 2.66. The van der Waals surface area contributed by atoms with Crippen LogP contribution in [0.15, 0.2) is 42.2 Å². The predicted octanol–water partition coefficient (Wildman–Crippen LogP) is 8.90. The maximum Gasteiger partial charge on any atom is 0.119 e. The number of ether oxygens (including phenoxy) is 2. The largest absolute Gasteiger partial charge is 0.494 e. The highest BCUT2D eigenvalue weighted by molar-refractivity contribution is 5.66. The van der Waals surface area contributed by atoms with E-state index in [2.05, 4.69) is 89.9 Å². The first-order valence-corrected chi connectivity index (χ1v) is 14.0. The summed E-state index contributed by atoms with van der Waals surface area (Å²) >= 11 is 0. The number of allylic oxidation sites excluding steroid dienone is 1. The Morgan fingerprint density at radius 3 is 2.21 bits per heavy atom. The molecule has 1 aliphatic heterocycles. The van der Waals surface area contributed by atoms with E-state index in [1.165, 1.54) is 62.6 Å². The highest BCUT2D eigenvalue weighted by atomic mass is 16.5. The molecule has 3 heteroatoms. The van der Waals surface area contributed by atoms with Crippen LogP contribution in [0.4, 0.5) is 5.69 Å². The van der Waals surface area contributed by atoms with Crippen LogP contribution in [-0.2, 0) is 4.74 Å². The molecule has 0 amide bonds. The van der Waals surface area contributed by atoms with Gasteiger partial charge in [-0.25, -0.2) is 0 Å². The number of hydrogen-bond acceptors (Lipinski definition) is 3. The number of benzene rings is 1. The molecule has 0 spiro atoms. The lowest BCUT2D eigenvalue weighted by atomic mass is 9.90. The first-order chi connectivity index (χ1) is 16.5. The summed E-state index contributed by atoms with van der Waals surface area (Å²) in [6.45, 7) is 14.9. The van der Waals surface area contributed by atoms with Crippen LogP contribution in [0.2, 0.25) is 0 Å². The lowest BCUT2D eigenvalue weighted by molar-refractivity contribution is 0.164. The number of nitrogens with zero attached hydrogens (tertiary/aromatic N) is 1. The molecule has 3 rings (SSSR count). The molecule has 1 aromatic rings. The molecular weight excluding hydrogens is 418 g/mol. The minimum atomic E-state index is 0.330. The summed E-state index contributed by atoms with van der Waals surface area (Å²) in [5.74, 6) is 3.65. The normalized spacial score (nSPS) is 20.0. The maximum absolute atomic E-state index is 6.26. The molecule has 1 aromatic carbocycles. The number of unbranched alkanes of at least 4 members (excludes halogenated alkanes) is 1. The molecule has 0 aromatic heterocycles. The van der Waals surface area contributed by atoms with Gasteiger partial charge in [0.05, 0.1) is 19.3 Å². The second-order valence-corrected chi connectivity index (χ2v) is 10.1. The Morgan fingerprint density at radius 2 is 1.56 bits per heavy atom. The number of fused-ring (bicyclic) bond motifs is 3. The van der Waals surface area contributed by atoms with Crippen LogP contribution in [0.3, 0.4) is 0 Å². The molecule has 0 N–H and O–H groups in total. The second kappa shape index (κ2) is 15.2. The lowest BCUT2D eigenvalue weighted by Gasteiger charge is -2.26. The van der Waals surface area contributed by atoms with Crippen molar-refractivity contribution >= 4 is 5.69 Å². The Morgan fingerprint density at radius 1 is 0.882 bits per heavy atom. The Hall–Kier alpha value is -1.90. The standard InChI is InChI=1S/C28H43NO2.C3H8/c1-6-10-12-22(9-4)20-31-24-14-16-28-26(18-24)25-17-23(13-15-27(25)29(28)5)30-19-21(8-3)11-7-2;1-3-2/h13-18,21-22,25,27H,6-12,19-20H2,1-5H3;3H2,1-2H3. The van der Waals surface area contributed by atoms with Crippen LogP contribution in [0, 0.1) is 11.8 Å². The van der Waals surface area contributed by atoms with Crippen molar-refractivity contribution < 1.29 is 9.47 Å². The average Bonchev–Trinajstić information content (AvgIpc) is 3.13. The molecule has 1 aliphatic carbocycles. The van der Waals surface area contributed by atoms with Crippen LogP contribution < -0.4 is 9.64 Å². The van der Waals surface area contributed by atoms with Crippen LogP contribution in [0.25, 0.3) is 0 Å². The number of likely N-dealkylation sites (N-methyl/N-ethyl adjacent to an activating group) is 1. The van der Waals surface area contributed by atoms with Gasteiger partial charge >= 0.3 is 0 Å². The van der Waals surface area contributed by atoms with E-state index in [4.69, 9.17) is 9.47 Å². The van der Waals surface area contributed by atoms with Gasteiger partial charge in [-0.05, 0) is 60.6 Å². The summed E-state index contributed by atoms with van der Waals surface area (Å²) in [7, 11) is 2.19. The van der Waals surface area contributed by atoms with Crippen molar-refractivity contribution in [1.82, 2.24) is 0 Å².